The first-order valence-corrected chi connectivity index (χ1v) is 6.30. The molecule has 1 aromatic rings. The van der Waals surface area contributed by atoms with Gasteiger partial charge < -0.3 is 10.6 Å². The summed E-state index contributed by atoms with van der Waals surface area (Å²) in [6.07, 6.45) is 0. The zero-order valence-electron chi connectivity index (χ0n) is 10.5. The molecule has 2 N–H and O–H groups in total. The molecule has 1 rings (SSSR count). The van der Waals surface area contributed by atoms with Gasteiger partial charge in [-0.1, -0.05) is 42.8 Å². The molecule has 0 heterocycles. The minimum Gasteiger partial charge on any atom is -0.398 e. The van der Waals surface area contributed by atoms with Gasteiger partial charge >= 0.3 is 0 Å². The van der Waals surface area contributed by atoms with Gasteiger partial charge in [0.2, 0.25) is 0 Å². The first-order chi connectivity index (χ1) is 7.28. The minimum atomic E-state index is 0.318. The predicted molar refractivity (Wildman–Crippen MR) is 74.3 cm³/mol. The largest absolute Gasteiger partial charge is 0.398 e. The number of benzene rings is 1. The number of hydrogen-bond acceptors (Lipinski definition) is 2. The molecule has 0 amide bonds. The maximum Gasteiger partial charge on any atom is 0.0371 e. The second-order valence-electron chi connectivity index (χ2n) is 5.58. The second-order valence-corrected chi connectivity index (χ2v) is 6.49. The molecule has 90 valence electrons. The Morgan fingerprint density at radius 3 is 2.44 bits per heavy atom. The molecule has 0 fully saturated rings. The van der Waals surface area contributed by atoms with Crippen LogP contribution < -0.4 is 5.73 Å². The van der Waals surface area contributed by atoms with Crippen LogP contribution in [0.4, 0.5) is 5.69 Å². The van der Waals surface area contributed by atoms with E-state index in [0.717, 1.165) is 23.2 Å². The Bertz CT molecular complexity index is 355. The fourth-order valence-electron chi connectivity index (χ4n) is 1.87. The lowest BCUT2D eigenvalue weighted by Gasteiger charge is -2.26. The summed E-state index contributed by atoms with van der Waals surface area (Å²) in [6, 6.07) is 6.08. The van der Waals surface area contributed by atoms with Crippen LogP contribution in [0.3, 0.4) is 0 Å². The molecule has 3 heteroatoms. The van der Waals surface area contributed by atoms with Crippen molar-refractivity contribution in [3.05, 3.63) is 28.2 Å². The lowest BCUT2D eigenvalue weighted by atomic mass is 9.96. The molecule has 0 unspecified atom stereocenters. The van der Waals surface area contributed by atoms with Gasteiger partial charge in [0.1, 0.15) is 0 Å². The minimum absolute atomic E-state index is 0.318. The summed E-state index contributed by atoms with van der Waals surface area (Å²) in [5.41, 5.74) is 8.34. The van der Waals surface area contributed by atoms with E-state index in [0.29, 0.717) is 5.41 Å². The number of nitrogen functional groups attached to an aromatic ring is 1. The van der Waals surface area contributed by atoms with Gasteiger partial charge in [0.15, 0.2) is 0 Å². The first kappa shape index (κ1) is 13.5. The van der Waals surface area contributed by atoms with E-state index in [4.69, 9.17) is 5.73 Å². The van der Waals surface area contributed by atoms with Gasteiger partial charge in [-0.25, -0.2) is 0 Å². The van der Waals surface area contributed by atoms with Crippen LogP contribution in [0.25, 0.3) is 0 Å². The van der Waals surface area contributed by atoms with Gasteiger partial charge in [-0.3, -0.25) is 0 Å². The summed E-state index contributed by atoms with van der Waals surface area (Å²) >= 11 is 3.42. The van der Waals surface area contributed by atoms with E-state index in [1.165, 1.54) is 5.56 Å². The molecule has 0 aromatic heterocycles. The van der Waals surface area contributed by atoms with Crippen molar-refractivity contribution in [2.45, 2.75) is 27.3 Å². The van der Waals surface area contributed by atoms with Crippen LogP contribution in [0.2, 0.25) is 0 Å². The molecule has 0 bridgehead atoms. The van der Waals surface area contributed by atoms with Crippen molar-refractivity contribution in [2.24, 2.45) is 5.41 Å². The van der Waals surface area contributed by atoms with Crippen LogP contribution in [0.5, 0.6) is 0 Å². The SMILES string of the molecule is CN(Cc1ccc(Br)cc1N)CC(C)(C)C. The van der Waals surface area contributed by atoms with Crippen LogP contribution >= 0.6 is 15.9 Å². The third-order valence-corrected chi connectivity index (χ3v) is 2.79. The van der Waals surface area contributed by atoms with E-state index in [-0.39, 0.29) is 0 Å². The number of nitrogens with zero attached hydrogens (tertiary/aromatic N) is 1. The van der Waals surface area contributed by atoms with Crippen molar-refractivity contribution in [2.75, 3.05) is 19.3 Å². The smallest absolute Gasteiger partial charge is 0.0371 e. The summed E-state index contributed by atoms with van der Waals surface area (Å²) in [5, 5.41) is 0. The van der Waals surface area contributed by atoms with Gasteiger partial charge in [-0.15, -0.1) is 0 Å². The molecular formula is C13H21BrN2. The van der Waals surface area contributed by atoms with Crippen LogP contribution in [-0.2, 0) is 6.54 Å². The topological polar surface area (TPSA) is 29.3 Å². The molecule has 0 atom stereocenters. The van der Waals surface area contributed by atoms with Gasteiger partial charge in [-0.2, -0.15) is 0 Å². The highest BCUT2D eigenvalue weighted by Crippen LogP contribution is 2.21. The zero-order valence-corrected chi connectivity index (χ0v) is 12.1. The Balaban J connectivity index is 2.66. The van der Waals surface area contributed by atoms with Crippen molar-refractivity contribution >= 4 is 21.6 Å². The molecule has 0 aliphatic heterocycles. The number of nitrogens with two attached hydrogens (primary N) is 1. The second kappa shape index (κ2) is 5.19. The number of anilines is 1. The highest BCUT2D eigenvalue weighted by atomic mass is 79.9. The standard InChI is InChI=1S/C13H21BrN2/c1-13(2,3)9-16(4)8-10-5-6-11(14)7-12(10)15/h5-7H,8-9,15H2,1-4H3. The van der Waals surface area contributed by atoms with Gasteiger partial charge in [0.05, 0.1) is 0 Å². The first-order valence-electron chi connectivity index (χ1n) is 5.50. The van der Waals surface area contributed by atoms with Crippen molar-refractivity contribution in [1.29, 1.82) is 0 Å². The molecule has 16 heavy (non-hydrogen) atoms. The summed E-state index contributed by atoms with van der Waals surface area (Å²) in [6.45, 7) is 8.69. The average molecular weight is 285 g/mol. The van der Waals surface area contributed by atoms with Crippen LogP contribution in [-0.4, -0.2) is 18.5 Å². The van der Waals surface area contributed by atoms with Gasteiger partial charge in [-0.05, 0) is 30.2 Å². The van der Waals surface area contributed by atoms with E-state index in [2.05, 4.69) is 54.7 Å². The number of rotatable bonds is 3. The Hall–Kier alpha value is -0.540. The molecular weight excluding hydrogens is 264 g/mol. The highest BCUT2D eigenvalue weighted by Gasteiger charge is 2.14. The van der Waals surface area contributed by atoms with Crippen molar-refractivity contribution in [1.82, 2.24) is 4.90 Å². The zero-order chi connectivity index (χ0) is 12.3. The van der Waals surface area contributed by atoms with Crippen molar-refractivity contribution in [3.63, 3.8) is 0 Å². The molecule has 1 aromatic carbocycles. The average Bonchev–Trinajstić information content (AvgIpc) is 2.06. The summed E-state index contributed by atoms with van der Waals surface area (Å²) in [5.74, 6) is 0. The van der Waals surface area contributed by atoms with E-state index in [1.807, 2.05) is 12.1 Å². The monoisotopic (exact) mass is 284 g/mol. The quantitative estimate of drug-likeness (QED) is 0.861. The number of halogens is 1. The third kappa shape index (κ3) is 4.54. The lowest BCUT2D eigenvalue weighted by Crippen LogP contribution is -2.29. The molecule has 0 saturated carbocycles. The van der Waals surface area contributed by atoms with E-state index in [1.54, 1.807) is 0 Å². The van der Waals surface area contributed by atoms with Gasteiger partial charge in [0.25, 0.3) is 0 Å². The van der Waals surface area contributed by atoms with E-state index in [9.17, 15) is 0 Å². The molecule has 0 aliphatic carbocycles. The molecule has 0 radical (unpaired) electrons. The highest BCUT2D eigenvalue weighted by molar-refractivity contribution is 9.10. The fraction of sp³-hybridized carbons (Fsp3) is 0.538. The maximum absolute atomic E-state index is 5.98. The summed E-state index contributed by atoms with van der Waals surface area (Å²) < 4.78 is 1.03. The van der Waals surface area contributed by atoms with Crippen molar-refractivity contribution in [3.8, 4) is 0 Å². The van der Waals surface area contributed by atoms with Crippen LogP contribution in [0.15, 0.2) is 22.7 Å². The summed E-state index contributed by atoms with van der Waals surface area (Å²) in [7, 11) is 2.13. The maximum atomic E-state index is 5.98. The van der Waals surface area contributed by atoms with Crippen LogP contribution in [0, 0.1) is 5.41 Å². The number of hydrogen-bond donors (Lipinski definition) is 1. The molecule has 0 spiro atoms. The summed E-state index contributed by atoms with van der Waals surface area (Å²) in [4.78, 5) is 2.31. The Morgan fingerprint density at radius 2 is 1.94 bits per heavy atom. The Labute approximate surface area is 107 Å². The van der Waals surface area contributed by atoms with Crippen molar-refractivity contribution < 1.29 is 0 Å². The normalized spacial score (nSPS) is 12.1. The fourth-order valence-corrected chi connectivity index (χ4v) is 2.25. The third-order valence-electron chi connectivity index (χ3n) is 2.29. The van der Waals surface area contributed by atoms with E-state index >= 15 is 0 Å². The lowest BCUT2D eigenvalue weighted by molar-refractivity contribution is 0.221. The molecule has 0 saturated heterocycles. The Kier molecular flexibility index (Phi) is 4.39. The van der Waals surface area contributed by atoms with E-state index < -0.39 is 0 Å². The molecule has 0 aliphatic rings. The predicted octanol–water partition coefficient (Wildman–Crippen LogP) is 3.51. The Morgan fingerprint density at radius 1 is 1.31 bits per heavy atom. The molecule has 2 nitrogen and oxygen atoms in total. The van der Waals surface area contributed by atoms with Gasteiger partial charge in [0, 0.05) is 23.2 Å². The van der Waals surface area contributed by atoms with Crippen LogP contribution in [0.1, 0.15) is 26.3 Å².